The maximum Gasteiger partial charge on any atom is 0.0829 e. The Morgan fingerprint density at radius 2 is 2.31 bits per heavy atom. The number of rotatable bonds is 2. The topological polar surface area (TPSA) is 41.7 Å². The molecule has 0 aliphatic carbocycles. The molecule has 0 saturated heterocycles. The molecule has 13 heavy (non-hydrogen) atoms. The van der Waals surface area contributed by atoms with Gasteiger partial charge < -0.3 is 0 Å². The smallest absolute Gasteiger partial charge is 0.0829 e. The van der Waals surface area contributed by atoms with Crippen LogP contribution in [0.5, 0.6) is 0 Å². The van der Waals surface area contributed by atoms with Crippen LogP contribution in [0.15, 0.2) is 17.3 Å². The van der Waals surface area contributed by atoms with E-state index in [1.807, 2.05) is 20.9 Å². The predicted octanol–water partition coefficient (Wildman–Crippen LogP) is 2.24. The summed E-state index contributed by atoms with van der Waals surface area (Å²) < 4.78 is 1.68. The van der Waals surface area contributed by atoms with Gasteiger partial charge in [0.1, 0.15) is 0 Å². The van der Waals surface area contributed by atoms with Crippen molar-refractivity contribution < 1.29 is 0 Å². The molecule has 0 bridgehead atoms. The van der Waals surface area contributed by atoms with Gasteiger partial charge in [0.05, 0.1) is 16.4 Å². The van der Waals surface area contributed by atoms with E-state index in [0.29, 0.717) is 10.7 Å². The number of nitrogens with zero attached hydrogens (tertiary/aromatic N) is 2. The van der Waals surface area contributed by atoms with E-state index in [1.54, 1.807) is 17.0 Å². The van der Waals surface area contributed by atoms with Crippen molar-refractivity contribution in [3.8, 4) is 0 Å². The number of hydrogen-bond donors (Lipinski definition) is 1. The van der Waals surface area contributed by atoms with E-state index < -0.39 is 0 Å². The summed E-state index contributed by atoms with van der Waals surface area (Å²) in [6.07, 6.45) is 3.50. The van der Waals surface area contributed by atoms with Crippen LogP contribution < -0.4 is 0 Å². The van der Waals surface area contributed by atoms with Gasteiger partial charge in [-0.25, -0.2) is 0 Å². The molecule has 0 fully saturated rings. The number of nitrogens with one attached hydrogen (secondary N) is 1. The van der Waals surface area contributed by atoms with Crippen molar-refractivity contribution in [1.29, 1.82) is 5.41 Å². The highest BCUT2D eigenvalue weighted by atomic mass is 35.5. The summed E-state index contributed by atoms with van der Waals surface area (Å²) in [5.41, 5.74) is 1.94. The van der Waals surface area contributed by atoms with Gasteiger partial charge >= 0.3 is 0 Å². The maximum atomic E-state index is 7.74. The highest BCUT2D eigenvalue weighted by Gasteiger charge is 2.10. The van der Waals surface area contributed by atoms with Gasteiger partial charge in [-0.05, 0) is 13.8 Å². The summed E-state index contributed by atoms with van der Waals surface area (Å²) in [5, 5.41) is 12.3. The SMILES string of the molecule is C/C=C(/Cl)C(=N)c1cn(C)nc1C. The molecule has 1 aromatic heterocycles. The number of hydrogen-bond acceptors (Lipinski definition) is 2. The van der Waals surface area contributed by atoms with Crippen LogP contribution in [0.4, 0.5) is 0 Å². The van der Waals surface area contributed by atoms with Crippen LogP contribution in [0.25, 0.3) is 0 Å². The van der Waals surface area contributed by atoms with Crippen molar-refractivity contribution in [3.05, 3.63) is 28.6 Å². The van der Waals surface area contributed by atoms with Gasteiger partial charge in [0.15, 0.2) is 0 Å². The van der Waals surface area contributed by atoms with E-state index in [9.17, 15) is 0 Å². The summed E-state index contributed by atoms with van der Waals surface area (Å²) in [5.74, 6) is 0. The summed E-state index contributed by atoms with van der Waals surface area (Å²) >= 11 is 5.83. The van der Waals surface area contributed by atoms with Crippen LogP contribution in [-0.4, -0.2) is 15.5 Å². The fourth-order valence-corrected chi connectivity index (χ4v) is 1.22. The lowest BCUT2D eigenvalue weighted by molar-refractivity contribution is 0.756. The van der Waals surface area contributed by atoms with Gasteiger partial charge in [-0.2, -0.15) is 5.10 Å². The molecule has 0 atom stereocenters. The molecule has 70 valence electrons. The molecule has 1 rings (SSSR count). The minimum Gasteiger partial charge on any atom is -0.299 e. The molecule has 1 aromatic rings. The van der Waals surface area contributed by atoms with E-state index in [2.05, 4.69) is 5.10 Å². The van der Waals surface area contributed by atoms with Gasteiger partial charge in [-0.15, -0.1) is 0 Å². The maximum absolute atomic E-state index is 7.74. The second kappa shape index (κ2) is 3.75. The zero-order valence-electron chi connectivity index (χ0n) is 7.93. The van der Waals surface area contributed by atoms with Crippen molar-refractivity contribution in [2.75, 3.05) is 0 Å². The Bertz CT molecular complexity index is 363. The second-order valence-electron chi connectivity index (χ2n) is 2.81. The molecule has 0 amide bonds. The third kappa shape index (κ3) is 1.98. The predicted molar refractivity (Wildman–Crippen MR) is 54.4 cm³/mol. The van der Waals surface area contributed by atoms with Crippen molar-refractivity contribution in [3.63, 3.8) is 0 Å². The Labute approximate surface area is 82.5 Å². The molecule has 0 radical (unpaired) electrons. The van der Waals surface area contributed by atoms with E-state index in [1.165, 1.54) is 0 Å². The third-order valence-electron chi connectivity index (χ3n) is 1.78. The van der Waals surface area contributed by atoms with Gasteiger partial charge in [0.2, 0.25) is 0 Å². The van der Waals surface area contributed by atoms with E-state index in [-0.39, 0.29) is 0 Å². The molecular weight excluding hydrogens is 186 g/mol. The van der Waals surface area contributed by atoms with Gasteiger partial charge in [0.25, 0.3) is 0 Å². The Hall–Kier alpha value is -1.09. The Kier molecular flexibility index (Phi) is 2.88. The van der Waals surface area contributed by atoms with Crippen LogP contribution >= 0.6 is 11.6 Å². The number of aryl methyl sites for hydroxylation is 2. The quantitative estimate of drug-likeness (QED) is 0.726. The molecule has 4 heteroatoms. The Morgan fingerprint density at radius 1 is 1.69 bits per heavy atom. The molecular formula is C9H12ClN3. The van der Waals surface area contributed by atoms with Crippen LogP contribution in [-0.2, 0) is 7.05 Å². The monoisotopic (exact) mass is 197 g/mol. The summed E-state index contributed by atoms with van der Waals surface area (Å²) in [7, 11) is 1.83. The molecule has 0 aromatic carbocycles. The lowest BCUT2D eigenvalue weighted by atomic mass is 10.1. The molecule has 0 saturated carbocycles. The van der Waals surface area contributed by atoms with Crippen LogP contribution in [0, 0.1) is 12.3 Å². The average molecular weight is 198 g/mol. The molecule has 1 N–H and O–H groups in total. The van der Waals surface area contributed by atoms with Crippen molar-refractivity contribution in [2.24, 2.45) is 7.05 Å². The van der Waals surface area contributed by atoms with E-state index in [0.717, 1.165) is 11.3 Å². The first kappa shape index (κ1) is 9.99. The first-order chi connectivity index (χ1) is 6.06. The number of aromatic nitrogens is 2. The summed E-state index contributed by atoms with van der Waals surface area (Å²) in [6.45, 7) is 3.67. The molecule has 0 aliphatic heterocycles. The summed E-state index contributed by atoms with van der Waals surface area (Å²) in [4.78, 5) is 0. The molecule has 1 heterocycles. The fourth-order valence-electron chi connectivity index (χ4n) is 1.12. The van der Waals surface area contributed by atoms with Gasteiger partial charge in [0, 0.05) is 18.8 Å². The lowest BCUT2D eigenvalue weighted by Gasteiger charge is -1.98. The molecule has 0 aliphatic rings. The van der Waals surface area contributed by atoms with E-state index >= 15 is 0 Å². The number of halogens is 1. The average Bonchev–Trinajstić information content (AvgIpc) is 2.42. The number of allylic oxidation sites excluding steroid dienone is 2. The zero-order chi connectivity index (χ0) is 10.0. The minimum absolute atomic E-state index is 0.328. The highest BCUT2D eigenvalue weighted by molar-refractivity contribution is 6.45. The van der Waals surface area contributed by atoms with Gasteiger partial charge in [-0.3, -0.25) is 10.1 Å². The largest absolute Gasteiger partial charge is 0.299 e. The van der Waals surface area contributed by atoms with E-state index in [4.69, 9.17) is 17.0 Å². The fraction of sp³-hybridized carbons (Fsp3) is 0.333. The van der Waals surface area contributed by atoms with Crippen LogP contribution in [0.2, 0.25) is 0 Å². The second-order valence-corrected chi connectivity index (χ2v) is 3.22. The standard InChI is InChI=1S/C9H12ClN3/c1-4-8(10)9(11)7-5-13(3)12-6(7)2/h4-5,11H,1-3H3/b8-4+,11-9?. The molecule has 0 spiro atoms. The zero-order valence-corrected chi connectivity index (χ0v) is 8.68. The Morgan fingerprint density at radius 3 is 2.69 bits per heavy atom. The highest BCUT2D eigenvalue weighted by Crippen LogP contribution is 2.14. The normalized spacial score (nSPS) is 11.8. The lowest BCUT2D eigenvalue weighted by Crippen LogP contribution is -1.99. The van der Waals surface area contributed by atoms with Crippen molar-refractivity contribution in [2.45, 2.75) is 13.8 Å². The van der Waals surface area contributed by atoms with Crippen molar-refractivity contribution in [1.82, 2.24) is 9.78 Å². The van der Waals surface area contributed by atoms with Crippen molar-refractivity contribution >= 4 is 17.3 Å². The van der Waals surface area contributed by atoms with Crippen LogP contribution in [0.1, 0.15) is 18.2 Å². The third-order valence-corrected chi connectivity index (χ3v) is 2.18. The minimum atomic E-state index is 0.328. The Balaban J connectivity index is 3.09. The first-order valence-electron chi connectivity index (χ1n) is 3.97. The molecule has 0 unspecified atom stereocenters. The summed E-state index contributed by atoms with van der Waals surface area (Å²) in [6, 6.07) is 0. The first-order valence-corrected chi connectivity index (χ1v) is 4.35. The van der Waals surface area contributed by atoms with Crippen LogP contribution in [0.3, 0.4) is 0 Å². The molecule has 3 nitrogen and oxygen atoms in total. The van der Waals surface area contributed by atoms with Gasteiger partial charge in [-0.1, -0.05) is 17.7 Å².